The van der Waals surface area contributed by atoms with Gasteiger partial charge in [0, 0.05) is 22.2 Å². The van der Waals surface area contributed by atoms with Gasteiger partial charge in [-0.15, -0.1) is 0 Å². The second-order valence-corrected chi connectivity index (χ2v) is 5.02. The summed E-state index contributed by atoms with van der Waals surface area (Å²) < 4.78 is 5.36. The van der Waals surface area contributed by atoms with Crippen LogP contribution in [0.2, 0.25) is 10.0 Å². The summed E-state index contributed by atoms with van der Waals surface area (Å²) in [5.74, 6) is 0.779. The van der Waals surface area contributed by atoms with Crippen molar-refractivity contribution in [2.75, 3.05) is 14.2 Å². The number of ether oxygens (including phenoxy) is 1. The Morgan fingerprint density at radius 2 is 1.89 bits per heavy atom. The van der Waals surface area contributed by atoms with E-state index < -0.39 is 0 Å². The van der Waals surface area contributed by atoms with E-state index in [1.165, 1.54) is 0 Å². The molecule has 4 heteroatoms. The monoisotopic (exact) mass is 295 g/mol. The van der Waals surface area contributed by atoms with Gasteiger partial charge in [-0.1, -0.05) is 35.3 Å². The Balaban J connectivity index is 2.47. The molecule has 2 nitrogen and oxygen atoms in total. The SMILES string of the molecule is CNCc1ccc(-c2cc(Cl)ccc2OC)cc1Cl. The molecule has 0 aliphatic carbocycles. The van der Waals surface area contributed by atoms with Crippen LogP contribution in [0.4, 0.5) is 0 Å². The Labute approximate surface area is 123 Å². The number of nitrogens with one attached hydrogen (secondary N) is 1. The zero-order chi connectivity index (χ0) is 13.8. The molecule has 100 valence electrons. The molecule has 0 saturated carbocycles. The summed E-state index contributed by atoms with van der Waals surface area (Å²) in [6, 6.07) is 11.5. The lowest BCUT2D eigenvalue weighted by molar-refractivity contribution is 0.416. The molecule has 0 bridgehead atoms. The van der Waals surface area contributed by atoms with Gasteiger partial charge in [0.2, 0.25) is 0 Å². The van der Waals surface area contributed by atoms with Gasteiger partial charge in [-0.05, 0) is 42.4 Å². The van der Waals surface area contributed by atoms with Gasteiger partial charge in [-0.3, -0.25) is 0 Å². The van der Waals surface area contributed by atoms with Crippen molar-refractivity contribution >= 4 is 23.2 Å². The molecule has 0 atom stereocenters. The van der Waals surface area contributed by atoms with Crippen LogP contribution in [-0.4, -0.2) is 14.2 Å². The van der Waals surface area contributed by atoms with Gasteiger partial charge < -0.3 is 10.1 Å². The predicted octanol–water partition coefficient (Wildman–Crippen LogP) is 4.39. The van der Waals surface area contributed by atoms with Crippen LogP contribution in [0.1, 0.15) is 5.56 Å². The molecule has 2 aromatic carbocycles. The minimum absolute atomic E-state index is 0.672. The van der Waals surface area contributed by atoms with E-state index in [0.717, 1.165) is 34.0 Å². The number of rotatable bonds is 4. The van der Waals surface area contributed by atoms with E-state index in [1.807, 2.05) is 37.4 Å². The van der Waals surface area contributed by atoms with Gasteiger partial charge in [0.1, 0.15) is 5.75 Å². The van der Waals surface area contributed by atoms with Crippen LogP contribution in [-0.2, 0) is 6.54 Å². The Kier molecular flexibility index (Phi) is 4.70. The zero-order valence-electron chi connectivity index (χ0n) is 10.8. The number of halogens is 2. The van der Waals surface area contributed by atoms with E-state index in [0.29, 0.717) is 5.02 Å². The Morgan fingerprint density at radius 3 is 2.53 bits per heavy atom. The topological polar surface area (TPSA) is 21.3 Å². The van der Waals surface area contributed by atoms with Crippen LogP contribution < -0.4 is 10.1 Å². The highest BCUT2D eigenvalue weighted by atomic mass is 35.5. The molecule has 0 fully saturated rings. The second-order valence-electron chi connectivity index (χ2n) is 4.18. The zero-order valence-corrected chi connectivity index (χ0v) is 12.3. The minimum Gasteiger partial charge on any atom is -0.496 e. The standard InChI is InChI=1S/C15H15Cl2NO/c1-18-9-11-4-3-10(7-14(11)17)13-8-12(16)5-6-15(13)19-2/h3-8,18H,9H2,1-2H3. The summed E-state index contributed by atoms with van der Waals surface area (Å²) in [5, 5.41) is 4.49. The van der Waals surface area contributed by atoms with Crippen LogP contribution in [0.3, 0.4) is 0 Å². The van der Waals surface area contributed by atoms with Crippen molar-refractivity contribution < 1.29 is 4.74 Å². The van der Waals surface area contributed by atoms with Gasteiger partial charge in [-0.25, -0.2) is 0 Å². The normalized spacial score (nSPS) is 10.5. The lowest BCUT2D eigenvalue weighted by Gasteiger charge is -2.11. The first-order chi connectivity index (χ1) is 9.15. The summed E-state index contributed by atoms with van der Waals surface area (Å²) in [7, 11) is 3.54. The van der Waals surface area contributed by atoms with E-state index in [2.05, 4.69) is 5.32 Å². The first kappa shape index (κ1) is 14.2. The van der Waals surface area contributed by atoms with Crippen molar-refractivity contribution in [2.24, 2.45) is 0 Å². The molecule has 0 amide bonds. The maximum atomic E-state index is 6.28. The largest absolute Gasteiger partial charge is 0.496 e. The van der Waals surface area contributed by atoms with E-state index in [1.54, 1.807) is 13.2 Å². The molecule has 0 aromatic heterocycles. The molecule has 2 rings (SSSR count). The Morgan fingerprint density at radius 1 is 1.11 bits per heavy atom. The molecule has 19 heavy (non-hydrogen) atoms. The van der Waals surface area contributed by atoms with Crippen molar-refractivity contribution in [3.05, 3.63) is 52.0 Å². The average molecular weight is 296 g/mol. The second kappa shape index (κ2) is 6.29. The lowest BCUT2D eigenvalue weighted by Crippen LogP contribution is -2.05. The van der Waals surface area contributed by atoms with Crippen LogP contribution in [0, 0.1) is 0 Å². The maximum absolute atomic E-state index is 6.28. The predicted molar refractivity (Wildman–Crippen MR) is 81.2 cm³/mol. The number of hydrogen-bond donors (Lipinski definition) is 1. The van der Waals surface area contributed by atoms with Crippen LogP contribution in [0.5, 0.6) is 5.75 Å². The van der Waals surface area contributed by atoms with Gasteiger partial charge in [0.15, 0.2) is 0 Å². The van der Waals surface area contributed by atoms with Crippen molar-refractivity contribution in [3.8, 4) is 16.9 Å². The van der Waals surface area contributed by atoms with E-state index in [4.69, 9.17) is 27.9 Å². The van der Waals surface area contributed by atoms with E-state index in [9.17, 15) is 0 Å². The first-order valence-electron chi connectivity index (χ1n) is 5.92. The van der Waals surface area contributed by atoms with Gasteiger partial charge in [-0.2, -0.15) is 0 Å². The van der Waals surface area contributed by atoms with Gasteiger partial charge in [0.25, 0.3) is 0 Å². The minimum atomic E-state index is 0.672. The Hall–Kier alpha value is -1.22. The highest BCUT2D eigenvalue weighted by molar-refractivity contribution is 6.32. The molecule has 0 heterocycles. The first-order valence-corrected chi connectivity index (χ1v) is 6.68. The van der Waals surface area contributed by atoms with Crippen molar-refractivity contribution in [3.63, 3.8) is 0 Å². The highest BCUT2D eigenvalue weighted by Gasteiger charge is 2.09. The molecule has 0 aliphatic heterocycles. The third kappa shape index (κ3) is 3.21. The highest BCUT2D eigenvalue weighted by Crippen LogP contribution is 2.34. The molecule has 2 aromatic rings. The molecule has 0 aliphatic rings. The quantitative estimate of drug-likeness (QED) is 0.903. The molecular weight excluding hydrogens is 281 g/mol. The van der Waals surface area contributed by atoms with Crippen LogP contribution in [0.25, 0.3) is 11.1 Å². The molecular formula is C15H15Cl2NO. The average Bonchev–Trinajstić information content (AvgIpc) is 2.41. The molecule has 0 radical (unpaired) electrons. The fraction of sp³-hybridized carbons (Fsp3) is 0.200. The number of methoxy groups -OCH3 is 1. The van der Waals surface area contributed by atoms with E-state index >= 15 is 0 Å². The Bertz CT molecular complexity index is 584. The smallest absolute Gasteiger partial charge is 0.126 e. The fourth-order valence-electron chi connectivity index (χ4n) is 1.95. The molecule has 0 unspecified atom stereocenters. The van der Waals surface area contributed by atoms with Gasteiger partial charge >= 0.3 is 0 Å². The van der Waals surface area contributed by atoms with Crippen molar-refractivity contribution in [1.82, 2.24) is 5.32 Å². The lowest BCUT2D eigenvalue weighted by atomic mass is 10.0. The summed E-state index contributed by atoms with van der Waals surface area (Å²) in [6.07, 6.45) is 0. The number of hydrogen-bond acceptors (Lipinski definition) is 2. The van der Waals surface area contributed by atoms with Crippen molar-refractivity contribution in [2.45, 2.75) is 6.54 Å². The van der Waals surface area contributed by atoms with Gasteiger partial charge in [0.05, 0.1) is 7.11 Å². The van der Waals surface area contributed by atoms with Crippen molar-refractivity contribution in [1.29, 1.82) is 0 Å². The summed E-state index contributed by atoms with van der Waals surface area (Å²) >= 11 is 12.3. The van der Waals surface area contributed by atoms with Crippen LogP contribution >= 0.6 is 23.2 Å². The fourth-order valence-corrected chi connectivity index (χ4v) is 2.37. The molecule has 0 saturated heterocycles. The molecule has 1 N–H and O–H groups in total. The summed E-state index contributed by atoms with van der Waals surface area (Å²) in [4.78, 5) is 0. The van der Waals surface area contributed by atoms with Crippen LogP contribution in [0.15, 0.2) is 36.4 Å². The third-order valence-corrected chi connectivity index (χ3v) is 3.48. The summed E-state index contributed by atoms with van der Waals surface area (Å²) in [5.41, 5.74) is 2.99. The summed E-state index contributed by atoms with van der Waals surface area (Å²) in [6.45, 7) is 0.742. The molecule has 0 spiro atoms. The number of benzene rings is 2. The maximum Gasteiger partial charge on any atom is 0.126 e. The third-order valence-electron chi connectivity index (χ3n) is 2.89. The van der Waals surface area contributed by atoms with E-state index in [-0.39, 0.29) is 0 Å².